The Hall–Kier alpha value is -12.3. The van der Waals surface area contributed by atoms with Gasteiger partial charge in [0.05, 0.1) is 38.3 Å². The second-order valence-corrected chi connectivity index (χ2v) is 28.1. The van der Waals surface area contributed by atoms with Crippen molar-refractivity contribution in [1.29, 1.82) is 0 Å². The summed E-state index contributed by atoms with van der Waals surface area (Å²) in [7, 11) is 0. The quantitative estimate of drug-likeness (QED) is 0.0153. The molecule has 2 aliphatic heterocycles. The van der Waals surface area contributed by atoms with E-state index >= 15 is 0 Å². The van der Waals surface area contributed by atoms with E-state index in [9.17, 15) is 137 Å². The van der Waals surface area contributed by atoms with Crippen LogP contribution in [0.1, 0.15) is 137 Å². The lowest BCUT2D eigenvalue weighted by Crippen LogP contribution is -2.63. The van der Waals surface area contributed by atoms with E-state index in [-0.39, 0.29) is 83.5 Å². The monoisotopic (exact) mass is 1690 g/mol. The number of amides is 16. The zero-order valence-corrected chi connectivity index (χ0v) is 65.5. The number of rotatable bonds is 53. The molecular weight excluding hydrogens is 1570 g/mol. The van der Waals surface area contributed by atoms with Gasteiger partial charge in [0.1, 0.15) is 90.6 Å². The summed E-state index contributed by atoms with van der Waals surface area (Å²) in [6, 6.07) is -26.6. The maximum Gasteiger partial charge on any atom is 0.326 e. The number of carbonyl (C=O) groups is 20. The topological polar surface area (TPSA) is 861 Å². The maximum atomic E-state index is 14.3. The fourth-order valence-corrected chi connectivity index (χ4v) is 11.9. The van der Waals surface area contributed by atoms with Gasteiger partial charge in [0.25, 0.3) is 0 Å². The molecule has 0 aliphatic carbocycles. The van der Waals surface area contributed by atoms with Crippen LogP contribution in [0.3, 0.4) is 0 Å². The van der Waals surface area contributed by atoms with E-state index in [4.69, 9.17) is 40.1 Å². The summed E-state index contributed by atoms with van der Waals surface area (Å²) in [6.45, 7) is 3.19. The average molecular weight is 1690 g/mol. The van der Waals surface area contributed by atoms with Crippen LogP contribution >= 0.6 is 0 Å². The number of nitrogens with zero attached hydrogens (tertiary/aromatic N) is 4. The molecule has 0 aromatic carbocycles. The summed E-state index contributed by atoms with van der Waals surface area (Å²) in [6.07, 6.45) is -10.3. The van der Waals surface area contributed by atoms with Gasteiger partial charge in [0, 0.05) is 45.4 Å². The van der Waals surface area contributed by atoms with Crippen LogP contribution in [0.25, 0.3) is 0 Å². The van der Waals surface area contributed by atoms with Gasteiger partial charge in [-0.15, -0.1) is 0 Å². The van der Waals surface area contributed by atoms with E-state index in [2.05, 4.69) is 68.5 Å². The van der Waals surface area contributed by atoms with Crippen molar-refractivity contribution in [3.63, 3.8) is 0 Å². The fraction of sp³-hybridized carbons (Fsp3) is 0.672. The van der Waals surface area contributed by atoms with Gasteiger partial charge < -0.3 is 155 Å². The number of nitrogens with two attached hydrogens (primary N) is 7. The van der Waals surface area contributed by atoms with Gasteiger partial charge in [-0.05, 0) is 97.3 Å². The second-order valence-electron chi connectivity index (χ2n) is 28.1. The molecule has 2 fully saturated rings. The fourth-order valence-electron chi connectivity index (χ4n) is 11.9. The number of aliphatic hydroxyl groups is 4. The Morgan fingerprint density at radius 2 is 0.754 bits per heavy atom. The number of aliphatic imine (C=N–C) groups is 2. The van der Waals surface area contributed by atoms with Crippen LogP contribution in [0.2, 0.25) is 0 Å². The van der Waals surface area contributed by atoms with Crippen molar-refractivity contribution in [3.8, 4) is 0 Å². The lowest BCUT2D eigenvalue weighted by Gasteiger charge is -2.31. The first-order valence-corrected chi connectivity index (χ1v) is 37.3. The summed E-state index contributed by atoms with van der Waals surface area (Å²) in [5, 5.41) is 107. The highest BCUT2D eigenvalue weighted by Gasteiger charge is 2.44. The summed E-state index contributed by atoms with van der Waals surface area (Å²) < 4.78 is 0. The van der Waals surface area contributed by atoms with E-state index in [1.165, 1.54) is 13.8 Å². The summed E-state index contributed by atoms with van der Waals surface area (Å²) >= 11 is 0. The molecule has 51 heteroatoms. The zero-order valence-electron chi connectivity index (χ0n) is 65.5. The normalized spacial score (nSPS) is 17.4. The van der Waals surface area contributed by atoms with Crippen LogP contribution in [0, 0.1) is 5.92 Å². The summed E-state index contributed by atoms with van der Waals surface area (Å²) in [5.74, 6) is -26.8. The highest BCUT2D eigenvalue weighted by molar-refractivity contribution is 6.02. The largest absolute Gasteiger partial charge is 0.481 e. The second kappa shape index (κ2) is 50.3. The number of primary amides is 2. The van der Waals surface area contributed by atoms with E-state index in [0.29, 0.717) is 0 Å². The molecule has 662 valence electrons. The van der Waals surface area contributed by atoms with Crippen molar-refractivity contribution in [1.82, 2.24) is 73.6 Å². The Balaban J connectivity index is 2.40. The first-order valence-electron chi connectivity index (χ1n) is 37.3. The molecule has 0 aromatic rings. The Morgan fingerprint density at radius 1 is 0.381 bits per heavy atom. The molecule has 0 unspecified atom stereocenters. The number of hydrogen-bond acceptors (Lipinski definition) is 27. The molecule has 0 bridgehead atoms. The number of carboxylic acids is 4. The van der Waals surface area contributed by atoms with Crippen LogP contribution in [0.5, 0.6) is 0 Å². The molecular formula is C67H111N23O28. The first kappa shape index (κ1) is 102. The Labute approximate surface area is 674 Å². The van der Waals surface area contributed by atoms with Gasteiger partial charge in [-0.1, -0.05) is 13.8 Å². The lowest BCUT2D eigenvalue weighted by molar-refractivity contribution is -0.145. The first-order chi connectivity index (χ1) is 55.1. The van der Waals surface area contributed by atoms with Crippen molar-refractivity contribution >= 4 is 130 Å². The number of carboxylic acid groups (broad SMARTS) is 4. The molecule has 0 aromatic heterocycles. The molecule has 2 saturated heterocycles. The third-order valence-electron chi connectivity index (χ3n) is 18.2. The maximum absolute atomic E-state index is 14.3. The highest BCUT2D eigenvalue weighted by Crippen LogP contribution is 2.23. The number of carbonyl (C=O) groups excluding carboxylic acids is 16. The smallest absolute Gasteiger partial charge is 0.326 e. The molecule has 2 rings (SSSR count). The number of hydrogen-bond donors (Lipinski definition) is 27. The Bertz CT molecular complexity index is 3670. The van der Waals surface area contributed by atoms with E-state index in [1.807, 2.05) is 5.32 Å². The third-order valence-corrected chi connectivity index (χ3v) is 18.2. The standard InChI is InChI=1S/C67H111N23O28/c1-28(2)48(60(112)84-39(24-44(70)96)64(116)90-23-9-13-42(90)59(111)82-37(65(117)118)11-7-21-76-67(73)74)86-62(114)50(31(5)94)87-51(103)29(3)77-56(108)38(25-47(101)102)83-61(113)49(30(4)93)88-55(107)33(10-6-20-75-66(71)72)78-53(105)34(15-18-45(97)98)79-57(109)40(27-92)85-54(106)35(16-19-46(99)100)80-58(110)41-12-8-22-89(41)63(115)36(14-17-43(69)95)81-52(104)32(68)26-91/h28-42,48-50,91-94H,6-27,68H2,1-5H3,(H2,69,95)(H2,70,96)(H,77,108)(H,78,105)(H,79,109)(H,80,110)(H,81,104)(H,82,111)(H,83,113)(H,84,112)(H,85,106)(H,86,114)(H,87,103)(H,88,107)(H,97,98)(H,99,100)(H,101,102)(H,117,118)(H4,71,72,75)(H4,73,74,76)/t29-,30+,31+,32-,33-,34-,35-,36-,37-,38-,39-,40-,41-,42-,48-,49-,50-/m0/s1. The molecule has 0 saturated carbocycles. The van der Waals surface area contributed by atoms with Crippen molar-refractivity contribution in [2.45, 2.75) is 240 Å². The Kier molecular flexibility index (Phi) is 43.4. The molecule has 16 amide bonds. The molecule has 34 N–H and O–H groups in total. The SMILES string of the molecule is CC(C)[C@H](NC(=O)[C@@H](NC(=O)[C@H](C)NC(=O)[C@H](CC(=O)O)NC(=O)[C@@H](NC(=O)[C@H](CCCN=C(N)N)NC(=O)[C@H](CCC(=O)O)NC(=O)[C@H](CO)NC(=O)[C@H](CCC(=O)O)NC(=O)[C@@H]1CCCN1C(=O)[C@H](CCC(N)=O)NC(=O)[C@@H](N)CO)[C@@H](C)O)[C@@H](C)O)C(=O)N[C@@H](CC(N)=O)C(=O)N1CCC[C@H]1C(=O)N[C@@H](CCCN=C(N)N)C(=O)O. The number of aliphatic hydroxyl groups excluding tert-OH is 4. The summed E-state index contributed by atoms with van der Waals surface area (Å²) in [4.78, 5) is 275. The van der Waals surface area contributed by atoms with Crippen LogP contribution < -0.4 is 104 Å². The van der Waals surface area contributed by atoms with E-state index < -0.39 is 298 Å². The van der Waals surface area contributed by atoms with Crippen LogP contribution in [-0.4, -0.2) is 323 Å². The van der Waals surface area contributed by atoms with Gasteiger partial charge in [-0.2, -0.15) is 0 Å². The summed E-state index contributed by atoms with van der Waals surface area (Å²) in [5.41, 5.74) is 37.9. The molecule has 0 radical (unpaired) electrons. The zero-order chi connectivity index (χ0) is 89.7. The van der Waals surface area contributed by atoms with Crippen molar-refractivity contribution in [2.24, 2.45) is 56.0 Å². The van der Waals surface area contributed by atoms with Crippen molar-refractivity contribution in [2.75, 3.05) is 39.4 Å². The van der Waals surface area contributed by atoms with Crippen molar-refractivity contribution in [3.05, 3.63) is 0 Å². The van der Waals surface area contributed by atoms with Gasteiger partial charge >= 0.3 is 23.9 Å². The molecule has 118 heavy (non-hydrogen) atoms. The number of nitrogens with one attached hydrogen (secondary N) is 12. The molecule has 17 atom stereocenters. The van der Waals surface area contributed by atoms with Crippen LogP contribution in [0.4, 0.5) is 0 Å². The minimum atomic E-state index is -2.19. The Morgan fingerprint density at radius 3 is 1.19 bits per heavy atom. The van der Waals surface area contributed by atoms with Crippen molar-refractivity contribution < 1.29 is 137 Å². The van der Waals surface area contributed by atoms with Gasteiger partial charge in [0.15, 0.2) is 11.9 Å². The molecule has 51 nitrogen and oxygen atoms in total. The predicted molar refractivity (Wildman–Crippen MR) is 404 cm³/mol. The lowest BCUT2D eigenvalue weighted by atomic mass is 10.0. The van der Waals surface area contributed by atoms with Gasteiger partial charge in [0.2, 0.25) is 94.5 Å². The van der Waals surface area contributed by atoms with E-state index in [1.54, 1.807) is 0 Å². The minimum absolute atomic E-state index is 0.0324. The average Bonchev–Trinajstić information content (AvgIpc) is 1.64. The third kappa shape index (κ3) is 35.1. The van der Waals surface area contributed by atoms with Gasteiger partial charge in [-0.3, -0.25) is 101 Å². The number of likely N-dealkylation sites (tertiary alicyclic amines) is 2. The number of aliphatic carboxylic acids is 4. The molecule has 0 spiro atoms. The highest BCUT2D eigenvalue weighted by atomic mass is 16.4. The van der Waals surface area contributed by atoms with Gasteiger partial charge in [-0.25, -0.2) is 4.79 Å². The molecule has 2 heterocycles. The minimum Gasteiger partial charge on any atom is -0.481 e. The number of guanidine groups is 2. The predicted octanol–water partition coefficient (Wildman–Crippen LogP) is -13.9. The van der Waals surface area contributed by atoms with E-state index in [0.717, 1.165) is 30.6 Å². The van der Waals surface area contributed by atoms with Crippen LogP contribution in [-0.2, 0) is 95.9 Å². The molecule has 2 aliphatic rings. The van der Waals surface area contributed by atoms with Crippen LogP contribution in [0.15, 0.2) is 9.98 Å².